The summed E-state index contributed by atoms with van der Waals surface area (Å²) in [4.78, 5) is 58.6. The van der Waals surface area contributed by atoms with Crippen molar-refractivity contribution in [1.29, 1.82) is 0 Å². The zero-order valence-corrected chi connectivity index (χ0v) is 27.6. The van der Waals surface area contributed by atoms with Gasteiger partial charge in [-0.05, 0) is 82.7 Å². The number of amides is 4. The van der Waals surface area contributed by atoms with E-state index in [-0.39, 0.29) is 23.0 Å². The molecule has 46 heavy (non-hydrogen) atoms. The smallest absolute Gasteiger partial charge is 0.406 e. The van der Waals surface area contributed by atoms with Crippen molar-refractivity contribution in [3.8, 4) is 23.0 Å². The van der Waals surface area contributed by atoms with E-state index in [1.165, 1.54) is 19.6 Å². The van der Waals surface area contributed by atoms with Crippen LogP contribution in [-0.2, 0) is 13.0 Å². The molecule has 0 saturated carbocycles. The number of ether oxygens (including phenoxy) is 4. The molecule has 13 nitrogen and oxygen atoms in total. The van der Waals surface area contributed by atoms with Crippen LogP contribution in [0.2, 0.25) is 0 Å². The Morgan fingerprint density at radius 2 is 0.935 bits per heavy atom. The third-order valence-corrected chi connectivity index (χ3v) is 8.27. The molecule has 0 radical (unpaired) electrons. The van der Waals surface area contributed by atoms with Crippen LogP contribution >= 0.6 is 0 Å². The predicted molar refractivity (Wildman–Crippen MR) is 172 cm³/mol. The first-order valence-electron chi connectivity index (χ1n) is 15.1. The Morgan fingerprint density at radius 3 is 1.33 bits per heavy atom. The zero-order chi connectivity index (χ0) is 33.4. The number of rotatable bonds is 4. The maximum atomic E-state index is 12.7. The van der Waals surface area contributed by atoms with E-state index in [2.05, 4.69) is 4.90 Å². The highest BCUT2D eigenvalue weighted by atomic mass is 16.6. The van der Waals surface area contributed by atoms with Gasteiger partial charge in [0.1, 0.15) is 0 Å². The quantitative estimate of drug-likeness (QED) is 0.359. The monoisotopic (exact) mass is 635 g/mol. The SMILES string of the molecule is CN(C)C(=O)Oc1cc2c3c(c4cc(OC(=O)N(C)C)c(OC(=O)N(C)C)cc4c2cc1OC(=O)N(C)C)CN1CCCCC1C3. The van der Waals surface area contributed by atoms with Crippen LogP contribution in [-0.4, -0.2) is 118 Å². The van der Waals surface area contributed by atoms with Crippen LogP contribution in [0.15, 0.2) is 24.3 Å². The molecule has 1 saturated heterocycles. The Balaban J connectivity index is 1.84. The minimum atomic E-state index is -0.654. The number of fused-ring (bicyclic) bond motifs is 7. The van der Waals surface area contributed by atoms with E-state index in [0.717, 1.165) is 54.1 Å². The summed E-state index contributed by atoms with van der Waals surface area (Å²) in [6.07, 6.45) is 1.51. The van der Waals surface area contributed by atoms with Crippen molar-refractivity contribution in [3.63, 3.8) is 0 Å². The lowest BCUT2D eigenvalue weighted by Gasteiger charge is -2.41. The molecule has 2 heterocycles. The van der Waals surface area contributed by atoms with Crippen LogP contribution in [0.5, 0.6) is 23.0 Å². The van der Waals surface area contributed by atoms with Crippen LogP contribution in [0.4, 0.5) is 19.2 Å². The number of benzene rings is 3. The second-order valence-corrected chi connectivity index (χ2v) is 12.5. The van der Waals surface area contributed by atoms with Crippen molar-refractivity contribution in [1.82, 2.24) is 24.5 Å². The van der Waals surface area contributed by atoms with Gasteiger partial charge in [-0.15, -0.1) is 0 Å². The number of nitrogens with zero attached hydrogens (tertiary/aromatic N) is 5. The van der Waals surface area contributed by atoms with E-state index >= 15 is 0 Å². The van der Waals surface area contributed by atoms with Crippen molar-refractivity contribution in [2.45, 2.75) is 38.3 Å². The molecular formula is C33H41N5O8. The molecule has 3 aromatic carbocycles. The summed E-state index contributed by atoms with van der Waals surface area (Å²) in [6, 6.07) is 7.17. The van der Waals surface area contributed by atoms with Crippen LogP contribution in [0.1, 0.15) is 30.4 Å². The van der Waals surface area contributed by atoms with Gasteiger partial charge >= 0.3 is 24.4 Å². The van der Waals surface area contributed by atoms with Gasteiger partial charge < -0.3 is 38.5 Å². The van der Waals surface area contributed by atoms with E-state index in [1.807, 2.05) is 0 Å². The number of hydrogen-bond donors (Lipinski definition) is 0. The van der Waals surface area contributed by atoms with E-state index in [1.54, 1.807) is 80.6 Å². The van der Waals surface area contributed by atoms with Crippen molar-refractivity contribution in [2.24, 2.45) is 0 Å². The van der Waals surface area contributed by atoms with E-state index in [0.29, 0.717) is 23.4 Å². The lowest BCUT2D eigenvalue weighted by atomic mass is 9.82. The molecule has 1 fully saturated rings. The molecule has 13 heteroatoms. The summed E-state index contributed by atoms with van der Waals surface area (Å²) in [5.74, 6) is 0.293. The van der Waals surface area contributed by atoms with Crippen molar-refractivity contribution in [3.05, 3.63) is 35.4 Å². The van der Waals surface area contributed by atoms with E-state index < -0.39 is 24.4 Å². The molecule has 0 aliphatic carbocycles. The molecule has 0 spiro atoms. The number of carbonyl (C=O) groups excluding carboxylic acids is 4. The lowest BCUT2D eigenvalue weighted by Crippen LogP contribution is -2.43. The summed E-state index contributed by atoms with van der Waals surface area (Å²) in [5.41, 5.74) is 2.11. The van der Waals surface area contributed by atoms with Crippen LogP contribution < -0.4 is 18.9 Å². The number of piperidine rings is 1. The first kappa shape index (κ1) is 32.6. The second-order valence-electron chi connectivity index (χ2n) is 12.5. The van der Waals surface area contributed by atoms with Crippen LogP contribution in [0.3, 0.4) is 0 Å². The number of carbonyl (C=O) groups is 4. The maximum absolute atomic E-state index is 12.7. The average molecular weight is 636 g/mol. The molecule has 0 N–H and O–H groups in total. The molecule has 1 atom stereocenters. The summed E-state index contributed by atoms with van der Waals surface area (Å²) >= 11 is 0. The van der Waals surface area contributed by atoms with Gasteiger partial charge in [-0.2, -0.15) is 0 Å². The lowest BCUT2D eigenvalue weighted by molar-refractivity contribution is 0.128. The topological polar surface area (TPSA) is 121 Å². The fraction of sp³-hybridized carbons (Fsp3) is 0.455. The van der Waals surface area contributed by atoms with Crippen LogP contribution in [0.25, 0.3) is 21.5 Å². The van der Waals surface area contributed by atoms with Gasteiger partial charge in [0.15, 0.2) is 23.0 Å². The highest BCUT2D eigenvalue weighted by Gasteiger charge is 2.33. The molecule has 3 aromatic rings. The Labute approximate surface area is 268 Å². The predicted octanol–water partition coefficient (Wildman–Crippen LogP) is 5.15. The maximum Gasteiger partial charge on any atom is 0.414 e. The first-order chi connectivity index (χ1) is 21.7. The Hall–Kier alpha value is -4.78. The van der Waals surface area contributed by atoms with Gasteiger partial charge in [-0.1, -0.05) is 6.42 Å². The second kappa shape index (κ2) is 12.9. The molecule has 0 bridgehead atoms. The third kappa shape index (κ3) is 6.45. The Bertz CT molecular complexity index is 1590. The minimum absolute atomic E-state index is 0.0456. The highest BCUT2D eigenvalue weighted by molar-refractivity contribution is 6.13. The molecule has 1 unspecified atom stereocenters. The summed E-state index contributed by atoms with van der Waals surface area (Å²) in [7, 11) is 12.5. The van der Waals surface area contributed by atoms with Gasteiger partial charge in [-0.3, -0.25) is 4.90 Å². The fourth-order valence-corrected chi connectivity index (χ4v) is 5.80. The number of hydrogen-bond acceptors (Lipinski definition) is 9. The van der Waals surface area contributed by atoms with Gasteiger partial charge in [0.25, 0.3) is 0 Å². The van der Waals surface area contributed by atoms with Gasteiger partial charge in [-0.25, -0.2) is 19.2 Å². The van der Waals surface area contributed by atoms with Crippen molar-refractivity contribution < 1.29 is 38.1 Å². The minimum Gasteiger partial charge on any atom is -0.406 e. The largest absolute Gasteiger partial charge is 0.414 e. The standard InChI is InChI=1S/C33H41N5O8/c1-34(2)30(39)43-26-14-21-20-13-19-11-9-10-12-38(19)18-25(20)24-17-29(46-33(42)37(7)8)28(45-32(41)36(5)6)16-23(24)22(21)15-27(26)44-31(40)35(3)4/h14-17,19H,9-13,18H2,1-8H3. The molecule has 0 aromatic heterocycles. The summed E-state index contributed by atoms with van der Waals surface area (Å²) in [5, 5.41) is 3.00. The van der Waals surface area contributed by atoms with Crippen LogP contribution in [0, 0.1) is 0 Å². The molecule has 4 amide bonds. The Kier molecular flexibility index (Phi) is 9.15. The van der Waals surface area contributed by atoms with E-state index in [4.69, 9.17) is 18.9 Å². The normalized spacial score (nSPS) is 15.8. The van der Waals surface area contributed by atoms with Gasteiger partial charge in [0, 0.05) is 69.0 Å². The van der Waals surface area contributed by atoms with Crippen molar-refractivity contribution in [2.75, 3.05) is 62.9 Å². The summed E-state index contributed by atoms with van der Waals surface area (Å²) in [6.45, 7) is 1.63. The molecule has 2 aliphatic heterocycles. The third-order valence-electron chi connectivity index (χ3n) is 8.27. The van der Waals surface area contributed by atoms with Gasteiger partial charge in [0.05, 0.1) is 0 Å². The molecule has 2 aliphatic rings. The molecule has 5 rings (SSSR count). The fourth-order valence-electron chi connectivity index (χ4n) is 5.80. The first-order valence-corrected chi connectivity index (χ1v) is 15.1. The average Bonchev–Trinajstić information content (AvgIpc) is 3.00. The van der Waals surface area contributed by atoms with Gasteiger partial charge in [0.2, 0.25) is 0 Å². The zero-order valence-electron chi connectivity index (χ0n) is 27.6. The highest BCUT2D eigenvalue weighted by Crippen LogP contribution is 2.46. The molecule has 246 valence electrons. The molecular weight excluding hydrogens is 594 g/mol. The van der Waals surface area contributed by atoms with E-state index in [9.17, 15) is 19.2 Å². The van der Waals surface area contributed by atoms with Crippen molar-refractivity contribution >= 4 is 45.9 Å². The Morgan fingerprint density at radius 1 is 0.565 bits per heavy atom. The summed E-state index contributed by atoms with van der Waals surface area (Å²) < 4.78 is 22.9.